The molecule has 6 rings (SSSR count). The van der Waals surface area contributed by atoms with Crippen molar-refractivity contribution in [3.05, 3.63) is 138 Å². The number of benzene rings is 3. The molecule has 9 heteroatoms. The normalized spacial score (nSPS) is 13.2. The average molecular weight is 670 g/mol. The summed E-state index contributed by atoms with van der Waals surface area (Å²) in [4.78, 5) is 13.8. The fraction of sp³-hybridized carbons (Fsp3) is 0.222. The second kappa shape index (κ2) is 16.7. The smallest absolute Gasteiger partial charge is 0.132 e. The summed E-state index contributed by atoms with van der Waals surface area (Å²) in [6.45, 7) is 5.54. The quantitative estimate of drug-likeness (QED) is 0.165. The number of nitrogens with zero attached hydrogens (tertiary/aromatic N) is 4. The van der Waals surface area contributed by atoms with Gasteiger partial charge in [0.05, 0.1) is 11.4 Å². The minimum Gasteiger partial charge on any atom is -0.364 e. The van der Waals surface area contributed by atoms with Gasteiger partial charge in [0.1, 0.15) is 11.6 Å². The molecule has 45 heavy (non-hydrogen) atoms. The molecule has 3 heterocycles. The number of halogens is 5. The van der Waals surface area contributed by atoms with E-state index in [9.17, 15) is 8.78 Å². The zero-order valence-corrected chi connectivity index (χ0v) is 27.4. The second-order valence-corrected chi connectivity index (χ2v) is 11.0. The number of aryl methyl sites for hydroxylation is 1. The lowest BCUT2D eigenvalue weighted by molar-refractivity contribution is 0.201. The van der Waals surface area contributed by atoms with E-state index >= 15 is 0 Å². The maximum atomic E-state index is 14.5. The number of hydrogen-bond donors (Lipinski definition) is 0. The van der Waals surface area contributed by atoms with Crippen LogP contribution in [-0.2, 0) is 13.1 Å². The number of piperidine rings is 1. The maximum absolute atomic E-state index is 14.5. The van der Waals surface area contributed by atoms with E-state index in [0.29, 0.717) is 35.1 Å². The number of aromatic nitrogens is 2. The first-order chi connectivity index (χ1) is 20.5. The van der Waals surface area contributed by atoms with Crippen molar-refractivity contribution in [3.63, 3.8) is 0 Å². The summed E-state index contributed by atoms with van der Waals surface area (Å²) in [5.41, 5.74) is 7.01. The lowest BCUT2D eigenvalue weighted by Gasteiger charge is -2.40. The molecular weight excluding hydrogens is 633 g/mol. The van der Waals surface area contributed by atoms with Crippen molar-refractivity contribution in [3.8, 4) is 22.5 Å². The van der Waals surface area contributed by atoms with E-state index in [0.717, 1.165) is 43.6 Å². The van der Waals surface area contributed by atoms with E-state index in [2.05, 4.69) is 51.0 Å². The predicted molar refractivity (Wildman–Crippen MR) is 187 cm³/mol. The summed E-state index contributed by atoms with van der Waals surface area (Å²) in [6, 6.07) is 30.7. The first-order valence-corrected chi connectivity index (χ1v) is 14.5. The van der Waals surface area contributed by atoms with Gasteiger partial charge in [-0.05, 0) is 91.6 Å². The molecule has 0 aliphatic carbocycles. The highest BCUT2D eigenvalue weighted by Crippen LogP contribution is 2.29. The summed E-state index contributed by atoms with van der Waals surface area (Å²) in [6.07, 6.45) is 5.58. The molecule has 236 valence electrons. The summed E-state index contributed by atoms with van der Waals surface area (Å²) in [5.74, 6) is -0.519. The lowest BCUT2D eigenvalue weighted by atomic mass is 10.00. The van der Waals surface area contributed by atoms with Crippen molar-refractivity contribution in [2.24, 2.45) is 0 Å². The predicted octanol–water partition coefficient (Wildman–Crippen LogP) is 9.33. The van der Waals surface area contributed by atoms with Gasteiger partial charge in [0, 0.05) is 61.4 Å². The SMILES string of the molecule is Cc1ccc(N(Cc2ccnc(-c3ccccc3F)c2)C2CCN(Cc3ccnc(-c4ccccc4F)c3)CC2)cc1.Cl.Cl.Cl. The fourth-order valence-electron chi connectivity index (χ4n) is 5.79. The Morgan fingerprint density at radius 1 is 0.689 bits per heavy atom. The van der Waals surface area contributed by atoms with Crippen LogP contribution in [0.3, 0.4) is 0 Å². The van der Waals surface area contributed by atoms with Crippen LogP contribution in [0.2, 0.25) is 0 Å². The van der Waals surface area contributed by atoms with Crippen molar-refractivity contribution in [1.82, 2.24) is 14.9 Å². The Balaban J connectivity index is 0.00000184. The van der Waals surface area contributed by atoms with Gasteiger partial charge < -0.3 is 4.90 Å². The maximum Gasteiger partial charge on any atom is 0.132 e. The largest absolute Gasteiger partial charge is 0.364 e. The van der Waals surface area contributed by atoms with Crippen LogP contribution in [0, 0.1) is 18.6 Å². The topological polar surface area (TPSA) is 32.3 Å². The van der Waals surface area contributed by atoms with Crippen LogP contribution in [-0.4, -0.2) is 34.0 Å². The van der Waals surface area contributed by atoms with Gasteiger partial charge >= 0.3 is 0 Å². The molecule has 0 spiro atoms. The van der Waals surface area contributed by atoms with Crippen molar-refractivity contribution >= 4 is 42.9 Å². The van der Waals surface area contributed by atoms with E-state index in [1.54, 1.807) is 36.7 Å². The monoisotopic (exact) mass is 668 g/mol. The molecule has 0 radical (unpaired) electrons. The molecule has 5 aromatic rings. The highest BCUT2D eigenvalue weighted by molar-refractivity contribution is 5.86. The van der Waals surface area contributed by atoms with Crippen molar-refractivity contribution < 1.29 is 8.78 Å². The summed E-state index contributed by atoms with van der Waals surface area (Å²) < 4.78 is 28.9. The minimum atomic E-state index is -0.264. The molecule has 1 saturated heterocycles. The van der Waals surface area contributed by atoms with Gasteiger partial charge in [-0.2, -0.15) is 0 Å². The molecule has 0 amide bonds. The van der Waals surface area contributed by atoms with E-state index in [-0.39, 0.29) is 48.9 Å². The second-order valence-electron chi connectivity index (χ2n) is 11.0. The molecule has 0 saturated carbocycles. The third-order valence-corrected chi connectivity index (χ3v) is 8.07. The molecule has 3 aromatic carbocycles. The lowest BCUT2D eigenvalue weighted by Crippen LogP contribution is -2.44. The zero-order valence-electron chi connectivity index (χ0n) is 25.0. The Bertz CT molecular complexity index is 1660. The molecular formula is C36H37Cl3F2N4. The van der Waals surface area contributed by atoms with Crippen molar-refractivity contribution in [2.45, 2.75) is 38.9 Å². The number of anilines is 1. The van der Waals surface area contributed by atoms with Crippen LogP contribution in [0.1, 0.15) is 29.5 Å². The molecule has 0 unspecified atom stereocenters. The average Bonchev–Trinajstić information content (AvgIpc) is 3.02. The third-order valence-electron chi connectivity index (χ3n) is 8.07. The zero-order chi connectivity index (χ0) is 28.9. The third kappa shape index (κ3) is 8.80. The molecule has 2 aromatic heterocycles. The van der Waals surface area contributed by atoms with Crippen molar-refractivity contribution in [1.29, 1.82) is 0 Å². The molecule has 1 fully saturated rings. The number of rotatable bonds is 8. The van der Waals surface area contributed by atoms with Crippen LogP contribution in [0.4, 0.5) is 14.5 Å². The van der Waals surface area contributed by atoms with Crippen LogP contribution >= 0.6 is 37.2 Å². The van der Waals surface area contributed by atoms with E-state index in [4.69, 9.17) is 0 Å². The highest BCUT2D eigenvalue weighted by Gasteiger charge is 2.26. The van der Waals surface area contributed by atoms with Crippen LogP contribution in [0.25, 0.3) is 22.5 Å². The molecule has 4 nitrogen and oxygen atoms in total. The fourth-order valence-corrected chi connectivity index (χ4v) is 5.79. The van der Waals surface area contributed by atoms with E-state index in [1.807, 2.05) is 36.4 Å². The Morgan fingerprint density at radius 3 is 1.76 bits per heavy atom. The first-order valence-electron chi connectivity index (χ1n) is 14.5. The highest BCUT2D eigenvalue weighted by atomic mass is 35.5. The summed E-state index contributed by atoms with van der Waals surface area (Å²) in [7, 11) is 0. The number of likely N-dealkylation sites (tertiary alicyclic amines) is 1. The molecule has 1 aliphatic heterocycles. The molecule has 0 atom stereocenters. The van der Waals surface area contributed by atoms with Gasteiger partial charge in [-0.25, -0.2) is 8.78 Å². The summed E-state index contributed by atoms with van der Waals surface area (Å²) in [5, 5.41) is 0. The summed E-state index contributed by atoms with van der Waals surface area (Å²) >= 11 is 0. The van der Waals surface area contributed by atoms with E-state index < -0.39 is 0 Å². The Hall–Kier alpha value is -3.55. The van der Waals surface area contributed by atoms with Gasteiger partial charge in [-0.15, -0.1) is 37.2 Å². The van der Waals surface area contributed by atoms with Gasteiger partial charge in [-0.3, -0.25) is 14.9 Å². The van der Waals surface area contributed by atoms with E-state index in [1.165, 1.54) is 23.4 Å². The van der Waals surface area contributed by atoms with Gasteiger partial charge in [0.25, 0.3) is 0 Å². The number of pyridine rings is 2. The van der Waals surface area contributed by atoms with Crippen molar-refractivity contribution in [2.75, 3.05) is 18.0 Å². The van der Waals surface area contributed by atoms with Crippen LogP contribution in [0.15, 0.2) is 109 Å². The molecule has 0 N–H and O–H groups in total. The Labute approximate surface area is 282 Å². The van der Waals surface area contributed by atoms with Gasteiger partial charge in [0.15, 0.2) is 0 Å². The first kappa shape index (κ1) is 35.9. The number of hydrogen-bond acceptors (Lipinski definition) is 4. The Morgan fingerprint density at radius 2 is 1.20 bits per heavy atom. The molecule has 1 aliphatic rings. The molecule has 0 bridgehead atoms. The van der Waals surface area contributed by atoms with Crippen LogP contribution < -0.4 is 4.90 Å². The van der Waals surface area contributed by atoms with Gasteiger partial charge in [0.2, 0.25) is 0 Å². The van der Waals surface area contributed by atoms with Gasteiger partial charge in [-0.1, -0.05) is 42.0 Å². The van der Waals surface area contributed by atoms with Crippen LogP contribution in [0.5, 0.6) is 0 Å². The standard InChI is InChI=1S/C36H34F2N4.3ClH/c1-26-10-12-29(13-11-26)42(25-28-15-19-40-36(23-28)32-7-3-5-9-34(32)38)30-16-20-41(21-17-30)24-27-14-18-39-35(22-27)31-6-2-4-8-33(31)37;;;/h2-15,18-19,22-23,30H,16-17,20-21,24-25H2,1H3;3*1H. The minimum absolute atomic E-state index is 0. The Kier molecular flexibility index (Phi) is 13.3.